The van der Waals surface area contributed by atoms with Gasteiger partial charge in [-0.1, -0.05) is 6.07 Å². The SMILES string of the molecule is COc1cc(C(=O)O[C@@H]2Cc3c(OC4OCC(O)(CO)C4O)cc(O)cc3O[C@@H]2c2ccc(O)c(O)c2)cc(O)c1O. The Morgan fingerprint density at radius 3 is 2.43 bits per heavy atom. The number of carbonyl (C=O) groups is 1. The van der Waals surface area contributed by atoms with Crippen LogP contribution < -0.4 is 14.2 Å². The van der Waals surface area contributed by atoms with Gasteiger partial charge in [-0.15, -0.1) is 0 Å². The molecule has 3 aromatic carbocycles. The lowest BCUT2D eigenvalue weighted by atomic mass is 9.93. The van der Waals surface area contributed by atoms with Gasteiger partial charge in [0.2, 0.25) is 12.0 Å². The van der Waals surface area contributed by atoms with Crippen molar-refractivity contribution in [2.24, 2.45) is 0 Å². The molecule has 0 aliphatic carbocycles. The Morgan fingerprint density at radius 1 is 1.00 bits per heavy atom. The summed E-state index contributed by atoms with van der Waals surface area (Å²) in [4.78, 5) is 13.2. The summed E-state index contributed by atoms with van der Waals surface area (Å²) >= 11 is 0. The Morgan fingerprint density at radius 2 is 1.76 bits per heavy atom. The number of carbonyl (C=O) groups excluding carboxylic acids is 1. The highest BCUT2D eigenvalue weighted by molar-refractivity contribution is 5.91. The van der Waals surface area contributed by atoms with Crippen LogP contribution in [0.3, 0.4) is 0 Å². The Hall–Kier alpha value is -4.63. The third-order valence-electron chi connectivity index (χ3n) is 7.07. The first-order valence-corrected chi connectivity index (χ1v) is 12.6. The van der Waals surface area contributed by atoms with Gasteiger partial charge in [-0.3, -0.25) is 0 Å². The summed E-state index contributed by atoms with van der Waals surface area (Å²) in [5.41, 5.74) is -1.59. The number of aliphatic hydroxyl groups excluding tert-OH is 2. The zero-order valence-corrected chi connectivity index (χ0v) is 22.0. The monoisotopic (exact) mass is 588 g/mol. The number of methoxy groups -OCH3 is 1. The summed E-state index contributed by atoms with van der Waals surface area (Å²) in [6.07, 6.45) is -5.44. The summed E-state index contributed by atoms with van der Waals surface area (Å²) in [6.45, 7) is -1.23. The number of aliphatic hydroxyl groups is 3. The average molecular weight is 589 g/mol. The van der Waals surface area contributed by atoms with E-state index >= 15 is 0 Å². The zero-order valence-electron chi connectivity index (χ0n) is 22.0. The molecular weight excluding hydrogens is 560 g/mol. The first kappa shape index (κ1) is 28.9. The Bertz CT molecular complexity index is 1510. The minimum Gasteiger partial charge on any atom is -0.508 e. The number of hydrogen-bond acceptors (Lipinski definition) is 14. The van der Waals surface area contributed by atoms with E-state index in [1.54, 1.807) is 0 Å². The maximum absolute atomic E-state index is 13.2. The number of esters is 1. The molecule has 2 aliphatic rings. The van der Waals surface area contributed by atoms with E-state index in [2.05, 4.69) is 0 Å². The molecule has 1 fully saturated rings. The van der Waals surface area contributed by atoms with Gasteiger partial charge in [0.15, 0.2) is 29.1 Å². The predicted octanol–water partition coefficient (Wildman–Crippen LogP) is 0.944. The van der Waals surface area contributed by atoms with E-state index in [1.807, 2.05) is 0 Å². The van der Waals surface area contributed by atoms with Crippen molar-refractivity contribution < 1.29 is 69.3 Å². The molecule has 0 amide bonds. The van der Waals surface area contributed by atoms with E-state index < -0.39 is 72.4 Å². The zero-order chi connectivity index (χ0) is 30.3. The second kappa shape index (κ2) is 11.0. The fourth-order valence-corrected chi connectivity index (χ4v) is 4.73. The lowest BCUT2D eigenvalue weighted by Gasteiger charge is -2.35. The maximum atomic E-state index is 13.2. The van der Waals surface area contributed by atoms with Crippen molar-refractivity contribution in [2.45, 2.75) is 36.6 Å². The molecule has 5 atom stereocenters. The second-order valence-electron chi connectivity index (χ2n) is 9.91. The van der Waals surface area contributed by atoms with Crippen LogP contribution in [0.25, 0.3) is 0 Å². The number of aromatic hydroxyl groups is 5. The van der Waals surface area contributed by atoms with Crippen molar-refractivity contribution in [2.75, 3.05) is 20.3 Å². The lowest BCUT2D eigenvalue weighted by molar-refractivity contribution is -0.116. The highest BCUT2D eigenvalue weighted by atomic mass is 16.7. The molecule has 0 saturated carbocycles. The van der Waals surface area contributed by atoms with Crippen LogP contribution in [0.4, 0.5) is 0 Å². The van der Waals surface area contributed by atoms with E-state index in [4.69, 9.17) is 23.7 Å². The van der Waals surface area contributed by atoms with Crippen LogP contribution in [0, 0.1) is 0 Å². The van der Waals surface area contributed by atoms with E-state index in [9.17, 15) is 45.6 Å². The van der Waals surface area contributed by atoms with Crippen molar-refractivity contribution in [1.29, 1.82) is 0 Å². The van der Waals surface area contributed by atoms with Gasteiger partial charge in [0.25, 0.3) is 0 Å². The summed E-state index contributed by atoms with van der Waals surface area (Å²) < 4.78 is 27.9. The molecule has 0 radical (unpaired) electrons. The third kappa shape index (κ3) is 5.23. The predicted molar refractivity (Wildman–Crippen MR) is 139 cm³/mol. The average Bonchev–Trinajstić information content (AvgIpc) is 3.24. The van der Waals surface area contributed by atoms with Crippen molar-refractivity contribution in [3.63, 3.8) is 0 Å². The van der Waals surface area contributed by atoms with Gasteiger partial charge in [-0.25, -0.2) is 4.79 Å². The van der Waals surface area contributed by atoms with Crippen LogP contribution in [0.15, 0.2) is 42.5 Å². The van der Waals surface area contributed by atoms with Gasteiger partial charge in [0, 0.05) is 29.7 Å². The van der Waals surface area contributed by atoms with Crippen LogP contribution in [-0.2, 0) is 15.9 Å². The Balaban J connectivity index is 1.51. The smallest absolute Gasteiger partial charge is 0.338 e. The minimum atomic E-state index is -1.97. The standard InChI is InChI=1S/C28H28O14/c1-38-21-6-13(5-18(33)23(21)34)26(36)41-22-9-15-19(40-24(22)12-2-3-16(31)17(32)4-12)7-14(30)8-20(15)42-27-25(35)28(37,10-29)11-39-27/h2-8,22,24-25,27,29-35,37H,9-11H2,1H3/t22-,24-,25?,27?,28?/m1/s1. The van der Waals surface area contributed by atoms with E-state index in [0.29, 0.717) is 0 Å². The topological polar surface area (TPSA) is 225 Å². The molecule has 0 spiro atoms. The van der Waals surface area contributed by atoms with Gasteiger partial charge in [-0.05, 0) is 24.3 Å². The quantitative estimate of drug-likeness (QED) is 0.142. The van der Waals surface area contributed by atoms with Gasteiger partial charge in [0.05, 0.1) is 25.9 Å². The molecule has 14 heteroatoms. The molecule has 14 nitrogen and oxygen atoms in total. The number of ether oxygens (including phenoxy) is 5. The number of hydrogen-bond donors (Lipinski definition) is 8. The number of benzene rings is 3. The van der Waals surface area contributed by atoms with Gasteiger partial charge in [0.1, 0.15) is 35.1 Å². The molecule has 3 unspecified atom stereocenters. The van der Waals surface area contributed by atoms with Crippen LogP contribution in [0.5, 0.6) is 46.0 Å². The van der Waals surface area contributed by atoms with Crippen LogP contribution in [0.1, 0.15) is 27.6 Å². The number of rotatable bonds is 7. The van der Waals surface area contributed by atoms with Gasteiger partial charge >= 0.3 is 5.97 Å². The fraction of sp³-hybridized carbons (Fsp3) is 0.321. The number of phenols is 5. The number of phenolic OH excluding ortho intramolecular Hbond substituents is 5. The van der Waals surface area contributed by atoms with Crippen LogP contribution >= 0.6 is 0 Å². The van der Waals surface area contributed by atoms with Crippen LogP contribution in [0.2, 0.25) is 0 Å². The van der Waals surface area contributed by atoms with Crippen molar-refractivity contribution in [3.05, 3.63) is 59.2 Å². The molecule has 3 aromatic rings. The van der Waals surface area contributed by atoms with E-state index in [0.717, 1.165) is 12.1 Å². The molecule has 2 aliphatic heterocycles. The van der Waals surface area contributed by atoms with E-state index in [1.165, 1.54) is 37.4 Å². The summed E-state index contributed by atoms with van der Waals surface area (Å²) in [5.74, 6) is -3.47. The molecule has 8 N–H and O–H groups in total. The van der Waals surface area contributed by atoms with Gasteiger partial charge < -0.3 is 64.5 Å². The normalized spacial score (nSPS) is 24.9. The molecule has 0 aromatic heterocycles. The molecule has 224 valence electrons. The Labute approximate surface area is 237 Å². The second-order valence-corrected chi connectivity index (χ2v) is 9.91. The fourth-order valence-electron chi connectivity index (χ4n) is 4.73. The van der Waals surface area contributed by atoms with Crippen molar-refractivity contribution in [1.82, 2.24) is 0 Å². The molecule has 2 heterocycles. The molecule has 0 bridgehead atoms. The Kier molecular flexibility index (Phi) is 7.55. The first-order chi connectivity index (χ1) is 19.9. The highest BCUT2D eigenvalue weighted by Crippen LogP contribution is 2.45. The van der Waals surface area contributed by atoms with Crippen molar-refractivity contribution in [3.8, 4) is 46.0 Å². The number of fused-ring (bicyclic) bond motifs is 1. The highest BCUT2D eigenvalue weighted by Gasteiger charge is 2.49. The largest absolute Gasteiger partial charge is 0.508 e. The lowest BCUT2D eigenvalue weighted by Crippen LogP contribution is -2.48. The maximum Gasteiger partial charge on any atom is 0.338 e. The molecular formula is C28H28O14. The van der Waals surface area contributed by atoms with Crippen LogP contribution in [-0.4, -0.2) is 91.2 Å². The minimum absolute atomic E-state index is 0.0479. The summed E-state index contributed by atoms with van der Waals surface area (Å²) in [7, 11) is 1.23. The van der Waals surface area contributed by atoms with E-state index in [-0.39, 0.29) is 46.1 Å². The first-order valence-electron chi connectivity index (χ1n) is 12.6. The van der Waals surface area contributed by atoms with Crippen molar-refractivity contribution >= 4 is 5.97 Å². The molecule has 5 rings (SSSR count). The van der Waals surface area contributed by atoms with Gasteiger partial charge in [-0.2, -0.15) is 0 Å². The third-order valence-corrected chi connectivity index (χ3v) is 7.07. The molecule has 1 saturated heterocycles. The summed E-state index contributed by atoms with van der Waals surface area (Å²) in [5, 5.41) is 80.5. The summed E-state index contributed by atoms with van der Waals surface area (Å²) in [6, 6.07) is 8.45. The molecule has 42 heavy (non-hydrogen) atoms.